The van der Waals surface area contributed by atoms with E-state index in [9.17, 15) is 4.79 Å². The van der Waals surface area contributed by atoms with Crippen molar-refractivity contribution in [1.82, 2.24) is 5.32 Å². The summed E-state index contributed by atoms with van der Waals surface area (Å²) in [5.41, 5.74) is -0.220. The van der Waals surface area contributed by atoms with Crippen LogP contribution in [0.15, 0.2) is 40.3 Å². The number of amides is 1. The highest BCUT2D eigenvalue weighted by molar-refractivity contribution is 6.36. The van der Waals surface area contributed by atoms with E-state index in [1.165, 1.54) is 0 Å². The Labute approximate surface area is 134 Å². The van der Waals surface area contributed by atoms with Gasteiger partial charge in [0.1, 0.15) is 12.0 Å². The van der Waals surface area contributed by atoms with E-state index in [0.717, 1.165) is 18.4 Å². The summed E-state index contributed by atoms with van der Waals surface area (Å²) >= 11 is 5.93. The molecule has 1 aromatic carbocycles. The molecule has 1 N–H and O–H groups in total. The number of nitrogens with one attached hydrogen (secondary N) is 1. The molecule has 22 heavy (non-hydrogen) atoms. The normalized spacial score (nSPS) is 28.2. The van der Waals surface area contributed by atoms with Gasteiger partial charge in [0.25, 0.3) is 0 Å². The highest BCUT2D eigenvalue weighted by Gasteiger charge is 2.59. The molecule has 2 aliphatic rings. The quantitative estimate of drug-likeness (QED) is 0.867. The summed E-state index contributed by atoms with van der Waals surface area (Å²) < 4.78 is 5.28. The van der Waals surface area contributed by atoms with Gasteiger partial charge in [-0.1, -0.05) is 30.3 Å². The van der Waals surface area contributed by atoms with Crippen molar-refractivity contribution in [2.24, 2.45) is 9.98 Å². The molecule has 0 radical (unpaired) electrons. The molecule has 0 saturated heterocycles. The molecule has 1 heterocycles. The Morgan fingerprint density at radius 2 is 1.95 bits per heavy atom. The number of carbonyl (C=O) groups excluding carboxylic acids is 1. The molecule has 1 saturated carbocycles. The fourth-order valence-corrected chi connectivity index (χ4v) is 2.66. The first-order valence-corrected chi connectivity index (χ1v) is 7.70. The Balaban J connectivity index is 1.59. The zero-order valence-corrected chi connectivity index (χ0v) is 13.1. The van der Waals surface area contributed by atoms with Crippen molar-refractivity contribution in [3.63, 3.8) is 0 Å². The molecular weight excluding hydrogens is 302 g/mol. The van der Waals surface area contributed by atoms with E-state index >= 15 is 0 Å². The van der Waals surface area contributed by atoms with Crippen LogP contribution >= 0.6 is 11.6 Å². The molecule has 1 aliphatic carbocycles. The maximum Gasteiger partial charge on any atom is 0.408 e. The van der Waals surface area contributed by atoms with E-state index in [-0.39, 0.29) is 12.0 Å². The fourth-order valence-electron chi connectivity index (χ4n) is 2.55. The van der Waals surface area contributed by atoms with Crippen LogP contribution in [-0.4, -0.2) is 35.1 Å². The van der Waals surface area contributed by atoms with Crippen molar-refractivity contribution in [2.45, 2.75) is 43.0 Å². The number of aliphatic imine (C=N–C) groups is 2. The first-order chi connectivity index (χ1) is 10.5. The van der Waals surface area contributed by atoms with Gasteiger partial charge in [-0.25, -0.2) is 4.79 Å². The fraction of sp³-hybridized carbons (Fsp3) is 0.438. The molecule has 0 atom stereocenters. The van der Waals surface area contributed by atoms with Crippen molar-refractivity contribution in [3.05, 3.63) is 35.9 Å². The second-order valence-electron chi connectivity index (χ2n) is 5.79. The van der Waals surface area contributed by atoms with Gasteiger partial charge in [0, 0.05) is 12.4 Å². The molecule has 1 aromatic rings. The number of rotatable bonds is 4. The molecule has 0 bridgehead atoms. The Morgan fingerprint density at radius 3 is 2.55 bits per heavy atom. The van der Waals surface area contributed by atoms with E-state index in [2.05, 4.69) is 15.3 Å². The van der Waals surface area contributed by atoms with Crippen LogP contribution in [0.25, 0.3) is 0 Å². The number of ether oxygens (including phenoxy) is 1. The number of alkyl halides is 1. The molecule has 0 aromatic heterocycles. The number of nitrogens with zero attached hydrogens (tertiary/aromatic N) is 2. The second-order valence-corrected chi connectivity index (χ2v) is 6.29. The third kappa shape index (κ3) is 2.99. The molecule has 1 amide bonds. The van der Waals surface area contributed by atoms with Crippen molar-refractivity contribution < 1.29 is 9.53 Å². The van der Waals surface area contributed by atoms with Crippen LogP contribution in [0.5, 0.6) is 0 Å². The van der Waals surface area contributed by atoms with Gasteiger partial charge in [-0.3, -0.25) is 9.98 Å². The Kier molecular flexibility index (Phi) is 3.91. The van der Waals surface area contributed by atoms with Crippen LogP contribution in [0, 0.1) is 0 Å². The smallest absolute Gasteiger partial charge is 0.408 e. The summed E-state index contributed by atoms with van der Waals surface area (Å²) in [4.78, 5) is 20.9. The molecule has 3 rings (SSSR count). The minimum Gasteiger partial charge on any atom is -0.445 e. The number of hydrogen-bond donors (Lipinski definition) is 1. The average molecular weight is 320 g/mol. The van der Waals surface area contributed by atoms with Crippen LogP contribution in [0.3, 0.4) is 0 Å². The standard InChI is InChI=1S/C16H18ClN3O2/c1-15(18-9-13(17)10-19-15)16(7-8-16)20-14(21)22-11-12-5-3-2-4-6-12/h2-6,9-10,13H,7-8,11H2,1H3,(H,20,21). The maximum absolute atomic E-state index is 12.1. The summed E-state index contributed by atoms with van der Waals surface area (Å²) in [5, 5.41) is 2.65. The number of carbonyl (C=O) groups is 1. The van der Waals surface area contributed by atoms with Gasteiger partial charge in [-0.15, -0.1) is 11.6 Å². The van der Waals surface area contributed by atoms with Gasteiger partial charge in [0.05, 0.1) is 5.54 Å². The molecule has 1 aliphatic heterocycles. The minimum atomic E-state index is -0.704. The van der Waals surface area contributed by atoms with E-state index in [1.807, 2.05) is 37.3 Å². The summed E-state index contributed by atoms with van der Waals surface area (Å²) in [6.45, 7) is 2.14. The molecule has 116 valence electrons. The lowest BCUT2D eigenvalue weighted by Crippen LogP contribution is -2.52. The minimum absolute atomic E-state index is 0.246. The number of hydrogen-bond acceptors (Lipinski definition) is 4. The largest absolute Gasteiger partial charge is 0.445 e. The van der Waals surface area contributed by atoms with Gasteiger partial charge in [-0.05, 0) is 25.3 Å². The lowest BCUT2D eigenvalue weighted by molar-refractivity contribution is 0.128. The molecule has 6 heteroatoms. The van der Waals surface area contributed by atoms with E-state index in [1.54, 1.807) is 12.4 Å². The Morgan fingerprint density at radius 1 is 1.32 bits per heavy atom. The lowest BCUT2D eigenvalue weighted by atomic mass is 10.00. The van der Waals surface area contributed by atoms with Crippen LogP contribution in [0.2, 0.25) is 0 Å². The monoisotopic (exact) mass is 319 g/mol. The average Bonchev–Trinajstić information content (AvgIpc) is 3.31. The van der Waals surface area contributed by atoms with Crippen molar-refractivity contribution >= 4 is 30.1 Å². The van der Waals surface area contributed by atoms with Crippen molar-refractivity contribution in [1.29, 1.82) is 0 Å². The highest BCUT2D eigenvalue weighted by Crippen LogP contribution is 2.48. The number of alkyl carbamates (subject to hydrolysis) is 1. The van der Waals surface area contributed by atoms with Gasteiger partial charge >= 0.3 is 6.09 Å². The lowest BCUT2D eigenvalue weighted by Gasteiger charge is -2.33. The van der Waals surface area contributed by atoms with Gasteiger partial charge in [0.2, 0.25) is 0 Å². The molecule has 1 fully saturated rings. The number of halogens is 1. The predicted octanol–water partition coefficient (Wildman–Crippen LogP) is 2.92. The van der Waals surface area contributed by atoms with E-state index in [0.29, 0.717) is 0 Å². The first-order valence-electron chi connectivity index (χ1n) is 7.27. The van der Waals surface area contributed by atoms with Gasteiger partial charge in [-0.2, -0.15) is 0 Å². The topological polar surface area (TPSA) is 63.0 Å². The predicted molar refractivity (Wildman–Crippen MR) is 86.8 cm³/mol. The summed E-state index contributed by atoms with van der Waals surface area (Å²) in [5.74, 6) is 0. The van der Waals surface area contributed by atoms with Gasteiger partial charge < -0.3 is 10.1 Å². The third-order valence-electron chi connectivity index (χ3n) is 4.15. The summed E-state index contributed by atoms with van der Waals surface area (Å²) in [6, 6.07) is 9.57. The third-order valence-corrected chi connectivity index (χ3v) is 4.37. The molecule has 0 unspecified atom stereocenters. The SMILES string of the molecule is CC1(C2(NC(=O)OCc3ccccc3)CC2)N=CC(Cl)C=N1. The zero-order chi connectivity index (χ0) is 15.6. The Bertz CT molecular complexity index is 597. The Hall–Kier alpha value is -1.88. The van der Waals surface area contributed by atoms with Crippen LogP contribution in [0.1, 0.15) is 25.3 Å². The molecule has 5 nitrogen and oxygen atoms in total. The molecular formula is C16H18ClN3O2. The highest BCUT2D eigenvalue weighted by atomic mass is 35.5. The van der Waals surface area contributed by atoms with Gasteiger partial charge in [0.15, 0.2) is 5.66 Å². The first kappa shape index (κ1) is 15.0. The van der Waals surface area contributed by atoms with E-state index in [4.69, 9.17) is 16.3 Å². The van der Waals surface area contributed by atoms with E-state index < -0.39 is 17.3 Å². The summed E-state index contributed by atoms with van der Waals surface area (Å²) in [6.07, 6.45) is 4.52. The van der Waals surface area contributed by atoms with Crippen molar-refractivity contribution in [3.8, 4) is 0 Å². The molecule has 0 spiro atoms. The summed E-state index contributed by atoms with van der Waals surface area (Å²) in [7, 11) is 0. The van der Waals surface area contributed by atoms with Crippen LogP contribution < -0.4 is 5.32 Å². The number of benzene rings is 1. The van der Waals surface area contributed by atoms with Crippen LogP contribution in [0.4, 0.5) is 4.79 Å². The van der Waals surface area contributed by atoms with Crippen LogP contribution in [-0.2, 0) is 11.3 Å². The maximum atomic E-state index is 12.1. The van der Waals surface area contributed by atoms with Crippen molar-refractivity contribution in [2.75, 3.05) is 0 Å². The second kappa shape index (κ2) is 5.72. The zero-order valence-electron chi connectivity index (χ0n) is 12.3.